The van der Waals surface area contributed by atoms with Crippen molar-refractivity contribution in [3.8, 4) is 0 Å². The van der Waals surface area contributed by atoms with Crippen LogP contribution in [-0.2, 0) is 9.53 Å². The fraction of sp³-hybridized carbons (Fsp3) is 0.765. The predicted octanol–water partition coefficient (Wildman–Crippen LogP) is 3.15. The zero-order valence-electron chi connectivity index (χ0n) is 13.9. The first-order valence-corrected chi connectivity index (χ1v) is 9.52. The molecule has 128 valence electrons. The molecule has 2 heterocycles. The van der Waals surface area contributed by atoms with E-state index in [1.807, 2.05) is 6.20 Å². The number of nitrogens with one attached hydrogen (secondary N) is 2. The molecule has 1 saturated carbocycles. The minimum atomic E-state index is -0.253. The molecule has 1 aromatic rings. The summed E-state index contributed by atoms with van der Waals surface area (Å²) >= 11 is 1.65. The van der Waals surface area contributed by atoms with Gasteiger partial charge < -0.3 is 15.4 Å². The Bertz CT molecular complexity index is 520. The van der Waals surface area contributed by atoms with Gasteiger partial charge in [0.05, 0.1) is 5.41 Å². The Morgan fingerprint density at radius 3 is 2.87 bits per heavy atom. The van der Waals surface area contributed by atoms with E-state index in [0.29, 0.717) is 12.5 Å². The second-order valence-electron chi connectivity index (χ2n) is 6.78. The van der Waals surface area contributed by atoms with Crippen LogP contribution < -0.4 is 10.6 Å². The number of carbonyl (C=O) groups excluding carboxylic acids is 1. The van der Waals surface area contributed by atoms with Crippen LogP contribution in [0.4, 0.5) is 5.13 Å². The van der Waals surface area contributed by atoms with E-state index < -0.39 is 0 Å². The molecule has 0 bridgehead atoms. The fourth-order valence-electron chi connectivity index (χ4n) is 3.81. The number of rotatable bonds is 6. The Morgan fingerprint density at radius 1 is 1.43 bits per heavy atom. The highest BCUT2D eigenvalue weighted by atomic mass is 32.1. The van der Waals surface area contributed by atoms with E-state index in [0.717, 1.165) is 63.2 Å². The van der Waals surface area contributed by atoms with Crippen molar-refractivity contribution in [2.75, 3.05) is 32.1 Å². The summed E-state index contributed by atoms with van der Waals surface area (Å²) in [6.45, 7) is 2.79. The molecule has 1 aliphatic heterocycles. The van der Waals surface area contributed by atoms with Crippen molar-refractivity contribution in [2.24, 2.45) is 5.41 Å². The summed E-state index contributed by atoms with van der Waals surface area (Å²) in [7, 11) is 1.70. The highest BCUT2D eigenvalue weighted by molar-refractivity contribution is 7.15. The van der Waals surface area contributed by atoms with Gasteiger partial charge in [0.2, 0.25) is 5.91 Å². The number of carbonyl (C=O) groups is 1. The van der Waals surface area contributed by atoms with Crippen molar-refractivity contribution in [2.45, 2.75) is 50.9 Å². The molecule has 2 fully saturated rings. The molecular formula is C17H27N3O2S. The van der Waals surface area contributed by atoms with Crippen molar-refractivity contribution in [3.63, 3.8) is 0 Å². The predicted molar refractivity (Wildman–Crippen MR) is 93.0 cm³/mol. The Labute approximate surface area is 142 Å². The van der Waals surface area contributed by atoms with Crippen LogP contribution in [0.1, 0.15) is 55.7 Å². The third kappa shape index (κ3) is 3.92. The summed E-state index contributed by atoms with van der Waals surface area (Å²) in [5.41, 5.74) is -0.253. The van der Waals surface area contributed by atoms with Gasteiger partial charge in [0.1, 0.15) is 0 Å². The van der Waals surface area contributed by atoms with E-state index >= 15 is 0 Å². The van der Waals surface area contributed by atoms with Crippen molar-refractivity contribution < 1.29 is 9.53 Å². The topological polar surface area (TPSA) is 63.2 Å². The van der Waals surface area contributed by atoms with Gasteiger partial charge in [-0.2, -0.15) is 0 Å². The van der Waals surface area contributed by atoms with Gasteiger partial charge >= 0.3 is 0 Å². The number of amides is 1. The zero-order chi connectivity index (χ0) is 16.1. The van der Waals surface area contributed by atoms with Crippen LogP contribution in [0.3, 0.4) is 0 Å². The van der Waals surface area contributed by atoms with Crippen LogP contribution in [0, 0.1) is 5.41 Å². The molecular weight excluding hydrogens is 310 g/mol. The maximum atomic E-state index is 12.8. The number of hydrogen-bond acceptors (Lipinski definition) is 5. The lowest BCUT2D eigenvalue weighted by Crippen LogP contribution is -2.34. The number of ether oxygens (including phenoxy) is 1. The number of aromatic nitrogens is 1. The third-order valence-corrected chi connectivity index (χ3v) is 6.39. The largest absolute Gasteiger partial charge is 0.385 e. The maximum Gasteiger partial charge on any atom is 0.232 e. The van der Waals surface area contributed by atoms with E-state index in [-0.39, 0.29) is 11.3 Å². The smallest absolute Gasteiger partial charge is 0.232 e. The van der Waals surface area contributed by atoms with Crippen LogP contribution in [-0.4, -0.2) is 37.7 Å². The minimum absolute atomic E-state index is 0.137. The molecule has 0 atom stereocenters. The first-order chi connectivity index (χ1) is 11.2. The number of hydrogen-bond donors (Lipinski definition) is 2. The molecule has 0 spiro atoms. The average molecular weight is 337 g/mol. The zero-order valence-corrected chi connectivity index (χ0v) is 14.7. The molecule has 0 aromatic carbocycles. The molecule has 2 aliphatic rings. The number of piperidine rings is 1. The van der Waals surface area contributed by atoms with Gasteiger partial charge in [-0.05, 0) is 51.1 Å². The second kappa shape index (κ2) is 7.73. The molecule has 1 amide bonds. The normalized spacial score (nSPS) is 21.4. The highest BCUT2D eigenvalue weighted by Crippen LogP contribution is 2.42. The van der Waals surface area contributed by atoms with Gasteiger partial charge in [-0.25, -0.2) is 4.98 Å². The van der Waals surface area contributed by atoms with Crippen LogP contribution in [0.5, 0.6) is 0 Å². The van der Waals surface area contributed by atoms with Crippen molar-refractivity contribution in [1.29, 1.82) is 0 Å². The number of nitrogens with zero attached hydrogens (tertiary/aromatic N) is 1. The highest BCUT2D eigenvalue weighted by Gasteiger charge is 2.41. The molecule has 3 rings (SSSR count). The molecule has 5 nitrogen and oxygen atoms in total. The Balaban J connectivity index is 1.63. The number of methoxy groups -OCH3 is 1. The van der Waals surface area contributed by atoms with E-state index in [1.54, 1.807) is 18.4 Å². The lowest BCUT2D eigenvalue weighted by Gasteiger charge is -2.26. The van der Waals surface area contributed by atoms with Gasteiger partial charge in [0, 0.05) is 24.8 Å². The summed E-state index contributed by atoms with van der Waals surface area (Å²) in [5.74, 6) is 0.728. The van der Waals surface area contributed by atoms with Crippen LogP contribution in [0.2, 0.25) is 0 Å². The molecule has 1 saturated heterocycles. The van der Waals surface area contributed by atoms with E-state index in [1.165, 1.54) is 4.88 Å². The monoisotopic (exact) mass is 337 g/mol. The lowest BCUT2D eigenvalue weighted by atomic mass is 9.82. The SMILES string of the molecule is COCCC1(C(=O)Nc2ncc(C3CCNCC3)s2)CCCC1. The van der Waals surface area contributed by atoms with E-state index in [2.05, 4.69) is 15.6 Å². The number of anilines is 1. The summed E-state index contributed by atoms with van der Waals surface area (Å²) < 4.78 is 5.21. The Morgan fingerprint density at radius 2 is 2.17 bits per heavy atom. The summed E-state index contributed by atoms with van der Waals surface area (Å²) in [6.07, 6.45) is 9.28. The lowest BCUT2D eigenvalue weighted by molar-refractivity contribution is -0.126. The maximum absolute atomic E-state index is 12.8. The third-order valence-electron chi connectivity index (χ3n) is 5.31. The van der Waals surface area contributed by atoms with Gasteiger partial charge in [-0.15, -0.1) is 11.3 Å². The average Bonchev–Trinajstić information content (AvgIpc) is 3.24. The Kier molecular flexibility index (Phi) is 5.67. The summed E-state index contributed by atoms with van der Waals surface area (Å²) in [4.78, 5) is 18.6. The molecule has 0 unspecified atom stereocenters. The van der Waals surface area contributed by atoms with Crippen molar-refractivity contribution >= 4 is 22.4 Å². The molecule has 23 heavy (non-hydrogen) atoms. The second-order valence-corrected chi connectivity index (χ2v) is 7.84. The standard InChI is InChI=1S/C17H27N3O2S/c1-22-11-8-17(6-2-3-7-17)15(21)20-16-19-12-14(23-16)13-4-9-18-10-5-13/h12-13,18H,2-11H2,1H3,(H,19,20,21). The molecule has 1 aliphatic carbocycles. The number of thiazole rings is 1. The van der Waals surface area contributed by atoms with E-state index in [9.17, 15) is 4.79 Å². The van der Waals surface area contributed by atoms with Crippen LogP contribution in [0.25, 0.3) is 0 Å². The van der Waals surface area contributed by atoms with Gasteiger partial charge in [-0.3, -0.25) is 4.79 Å². The van der Waals surface area contributed by atoms with Crippen LogP contribution >= 0.6 is 11.3 Å². The summed E-state index contributed by atoms with van der Waals surface area (Å²) in [6, 6.07) is 0. The molecule has 0 radical (unpaired) electrons. The van der Waals surface area contributed by atoms with E-state index in [4.69, 9.17) is 4.74 Å². The molecule has 1 aromatic heterocycles. The first kappa shape index (κ1) is 16.9. The Hall–Kier alpha value is -0.980. The van der Waals surface area contributed by atoms with Gasteiger partial charge in [-0.1, -0.05) is 12.8 Å². The van der Waals surface area contributed by atoms with Gasteiger partial charge in [0.25, 0.3) is 0 Å². The van der Waals surface area contributed by atoms with Gasteiger partial charge in [0.15, 0.2) is 5.13 Å². The van der Waals surface area contributed by atoms with Crippen molar-refractivity contribution in [1.82, 2.24) is 10.3 Å². The minimum Gasteiger partial charge on any atom is -0.385 e. The molecule has 6 heteroatoms. The summed E-state index contributed by atoms with van der Waals surface area (Å²) in [5, 5.41) is 7.23. The quantitative estimate of drug-likeness (QED) is 0.837. The van der Waals surface area contributed by atoms with Crippen molar-refractivity contribution in [3.05, 3.63) is 11.1 Å². The fourth-order valence-corrected chi connectivity index (χ4v) is 4.79. The van der Waals surface area contributed by atoms with Crippen LogP contribution in [0.15, 0.2) is 6.20 Å². The molecule has 2 N–H and O–H groups in total. The first-order valence-electron chi connectivity index (χ1n) is 8.70.